The first-order chi connectivity index (χ1) is 9.95. The highest BCUT2D eigenvalue weighted by Crippen LogP contribution is 2.35. The summed E-state index contributed by atoms with van der Waals surface area (Å²) in [5.74, 6) is 5.46. The molecular weight excluding hydrogens is 281 g/mol. The number of halogens is 3. The van der Waals surface area contributed by atoms with Gasteiger partial charge in [-0.1, -0.05) is 18.2 Å². The third-order valence-electron chi connectivity index (χ3n) is 3.29. The van der Waals surface area contributed by atoms with Gasteiger partial charge in [-0.25, -0.2) is 0 Å². The molecule has 0 aliphatic rings. The summed E-state index contributed by atoms with van der Waals surface area (Å²) in [6, 6.07) is 4.82. The number of alkyl halides is 3. The van der Waals surface area contributed by atoms with Crippen LogP contribution in [0.2, 0.25) is 0 Å². The Bertz CT molecular complexity index is 592. The molecule has 4 nitrogen and oxygen atoms in total. The fourth-order valence-electron chi connectivity index (χ4n) is 2.24. The number of nitrogens with one attached hydrogen (secondary N) is 1. The second-order valence-electron chi connectivity index (χ2n) is 4.71. The zero-order valence-electron chi connectivity index (χ0n) is 11.6. The van der Waals surface area contributed by atoms with Crippen LogP contribution in [0.25, 0.3) is 0 Å². The number of nitrogens with two attached hydrogens (primary N) is 1. The van der Waals surface area contributed by atoms with Crippen molar-refractivity contribution in [1.82, 2.24) is 15.2 Å². The van der Waals surface area contributed by atoms with E-state index in [0.717, 1.165) is 11.6 Å². The summed E-state index contributed by atoms with van der Waals surface area (Å²) < 4.78 is 40.9. The monoisotopic (exact) mass is 298 g/mol. The van der Waals surface area contributed by atoms with E-state index in [0.29, 0.717) is 13.0 Å². The average Bonchev–Trinajstić information content (AvgIpc) is 2.91. The third kappa shape index (κ3) is 3.62. The van der Waals surface area contributed by atoms with Gasteiger partial charge in [0.1, 0.15) is 0 Å². The normalized spacial score (nSPS) is 13.4. The van der Waals surface area contributed by atoms with E-state index in [9.17, 15) is 13.2 Å². The van der Waals surface area contributed by atoms with Crippen LogP contribution in [0.4, 0.5) is 13.2 Å². The molecule has 0 saturated carbocycles. The molecule has 0 amide bonds. The Morgan fingerprint density at radius 2 is 2.05 bits per heavy atom. The van der Waals surface area contributed by atoms with E-state index in [-0.39, 0.29) is 5.56 Å². The summed E-state index contributed by atoms with van der Waals surface area (Å²) in [4.78, 5) is 0. The summed E-state index contributed by atoms with van der Waals surface area (Å²) in [5.41, 5.74) is 2.77. The molecule has 114 valence electrons. The fourth-order valence-corrected chi connectivity index (χ4v) is 2.24. The lowest BCUT2D eigenvalue weighted by Crippen LogP contribution is -2.31. The Labute approximate surface area is 120 Å². The maximum absolute atomic E-state index is 13.1. The Morgan fingerprint density at radius 1 is 1.33 bits per heavy atom. The molecule has 1 unspecified atom stereocenters. The Kier molecular flexibility index (Phi) is 4.64. The van der Waals surface area contributed by atoms with Crippen molar-refractivity contribution in [3.63, 3.8) is 0 Å². The molecule has 1 atom stereocenters. The van der Waals surface area contributed by atoms with Crippen molar-refractivity contribution in [2.75, 3.05) is 0 Å². The van der Waals surface area contributed by atoms with Crippen molar-refractivity contribution in [3.05, 3.63) is 53.3 Å². The van der Waals surface area contributed by atoms with Crippen LogP contribution < -0.4 is 11.3 Å². The number of hydrazine groups is 1. The molecule has 0 radical (unpaired) electrons. The molecule has 0 fully saturated rings. The topological polar surface area (TPSA) is 55.9 Å². The predicted octanol–water partition coefficient (Wildman–Crippen LogP) is 2.67. The van der Waals surface area contributed by atoms with Crippen molar-refractivity contribution in [1.29, 1.82) is 0 Å². The molecule has 21 heavy (non-hydrogen) atoms. The summed E-state index contributed by atoms with van der Waals surface area (Å²) >= 11 is 0. The van der Waals surface area contributed by atoms with Crippen LogP contribution >= 0.6 is 0 Å². The van der Waals surface area contributed by atoms with Gasteiger partial charge in [0.05, 0.1) is 17.8 Å². The van der Waals surface area contributed by atoms with E-state index >= 15 is 0 Å². The molecule has 2 rings (SSSR count). The molecule has 3 N–H and O–H groups in total. The third-order valence-corrected chi connectivity index (χ3v) is 3.29. The van der Waals surface area contributed by atoms with Crippen LogP contribution in [0.15, 0.2) is 36.7 Å². The van der Waals surface area contributed by atoms with Crippen molar-refractivity contribution in [2.24, 2.45) is 5.84 Å². The maximum atomic E-state index is 13.1. The van der Waals surface area contributed by atoms with E-state index < -0.39 is 17.8 Å². The largest absolute Gasteiger partial charge is 0.416 e. The number of aryl methyl sites for hydroxylation is 1. The van der Waals surface area contributed by atoms with Crippen LogP contribution in [0.5, 0.6) is 0 Å². The lowest BCUT2D eigenvalue weighted by molar-refractivity contribution is -0.138. The molecule has 1 heterocycles. The molecular formula is C14H17F3N4. The summed E-state index contributed by atoms with van der Waals surface area (Å²) in [6.45, 7) is 2.65. The number of aromatic nitrogens is 2. The average molecular weight is 298 g/mol. The minimum atomic E-state index is -4.40. The van der Waals surface area contributed by atoms with Gasteiger partial charge in [0, 0.05) is 12.7 Å². The van der Waals surface area contributed by atoms with E-state index in [2.05, 4.69) is 10.5 Å². The SMILES string of the molecule is CCn1cc(CC(NN)c2ccccc2C(F)(F)F)cn1. The molecule has 2 aromatic rings. The zero-order valence-corrected chi connectivity index (χ0v) is 11.6. The van der Waals surface area contributed by atoms with Gasteiger partial charge >= 0.3 is 6.18 Å². The first-order valence-electron chi connectivity index (χ1n) is 6.59. The van der Waals surface area contributed by atoms with Crippen molar-refractivity contribution < 1.29 is 13.2 Å². The van der Waals surface area contributed by atoms with Gasteiger partial charge in [0.15, 0.2) is 0 Å². The van der Waals surface area contributed by atoms with Gasteiger partial charge in [-0.3, -0.25) is 16.0 Å². The second kappa shape index (κ2) is 6.28. The van der Waals surface area contributed by atoms with Crippen LogP contribution in [0, 0.1) is 0 Å². The molecule has 0 bridgehead atoms. The highest BCUT2D eigenvalue weighted by Gasteiger charge is 2.34. The summed E-state index contributed by atoms with van der Waals surface area (Å²) in [7, 11) is 0. The molecule has 0 aliphatic carbocycles. The van der Waals surface area contributed by atoms with Gasteiger partial charge in [-0.05, 0) is 30.5 Å². The van der Waals surface area contributed by atoms with Crippen molar-refractivity contribution in [3.8, 4) is 0 Å². The molecule has 1 aromatic heterocycles. The van der Waals surface area contributed by atoms with E-state index in [1.54, 1.807) is 23.1 Å². The zero-order chi connectivity index (χ0) is 15.5. The lowest BCUT2D eigenvalue weighted by Gasteiger charge is -2.20. The maximum Gasteiger partial charge on any atom is 0.416 e. The first kappa shape index (κ1) is 15.5. The van der Waals surface area contributed by atoms with Crippen LogP contribution in [0.1, 0.15) is 29.7 Å². The summed E-state index contributed by atoms with van der Waals surface area (Å²) in [5, 5.41) is 4.11. The van der Waals surface area contributed by atoms with E-state index in [1.807, 2.05) is 6.92 Å². The fraction of sp³-hybridized carbons (Fsp3) is 0.357. The van der Waals surface area contributed by atoms with Crippen molar-refractivity contribution >= 4 is 0 Å². The van der Waals surface area contributed by atoms with Gasteiger partial charge in [-0.2, -0.15) is 18.3 Å². The van der Waals surface area contributed by atoms with E-state index in [1.165, 1.54) is 12.1 Å². The van der Waals surface area contributed by atoms with Crippen LogP contribution in [-0.2, 0) is 19.1 Å². The Balaban J connectivity index is 2.29. The number of rotatable bonds is 5. The highest BCUT2D eigenvalue weighted by molar-refractivity contribution is 5.33. The molecule has 0 aliphatic heterocycles. The lowest BCUT2D eigenvalue weighted by atomic mass is 9.96. The molecule has 7 heteroatoms. The quantitative estimate of drug-likeness (QED) is 0.659. The van der Waals surface area contributed by atoms with E-state index in [4.69, 9.17) is 5.84 Å². The van der Waals surface area contributed by atoms with Crippen LogP contribution in [-0.4, -0.2) is 9.78 Å². The van der Waals surface area contributed by atoms with Gasteiger partial charge in [0.25, 0.3) is 0 Å². The number of nitrogens with zero attached hydrogens (tertiary/aromatic N) is 2. The molecule has 0 saturated heterocycles. The number of benzene rings is 1. The number of hydrogen-bond acceptors (Lipinski definition) is 3. The minimum absolute atomic E-state index is 0.136. The Hall–Kier alpha value is -1.86. The second-order valence-corrected chi connectivity index (χ2v) is 4.71. The van der Waals surface area contributed by atoms with Crippen molar-refractivity contribution in [2.45, 2.75) is 32.1 Å². The van der Waals surface area contributed by atoms with Crippen LogP contribution in [0.3, 0.4) is 0 Å². The Morgan fingerprint density at radius 3 is 2.62 bits per heavy atom. The van der Waals surface area contributed by atoms with Gasteiger partial charge in [0.2, 0.25) is 0 Å². The standard InChI is InChI=1S/C14H17F3N4/c1-2-21-9-10(8-19-21)7-13(20-18)11-5-3-4-6-12(11)14(15,16)17/h3-6,8-9,13,20H,2,7,18H2,1H3. The minimum Gasteiger partial charge on any atom is -0.273 e. The first-order valence-corrected chi connectivity index (χ1v) is 6.59. The summed E-state index contributed by atoms with van der Waals surface area (Å²) in [6.07, 6.45) is -0.618. The predicted molar refractivity (Wildman–Crippen MR) is 73.1 cm³/mol. The van der Waals surface area contributed by atoms with Gasteiger partial charge in [-0.15, -0.1) is 0 Å². The smallest absolute Gasteiger partial charge is 0.273 e. The number of hydrogen-bond donors (Lipinski definition) is 2. The molecule has 1 aromatic carbocycles. The molecule has 0 spiro atoms. The van der Waals surface area contributed by atoms with Gasteiger partial charge < -0.3 is 0 Å². The highest BCUT2D eigenvalue weighted by atomic mass is 19.4.